The molecule has 0 aliphatic heterocycles. The fourth-order valence-electron chi connectivity index (χ4n) is 1.29. The molecule has 1 unspecified atom stereocenters. The van der Waals surface area contributed by atoms with Gasteiger partial charge in [0.15, 0.2) is 6.61 Å². The molecule has 4 N–H and O–H groups in total. The van der Waals surface area contributed by atoms with Gasteiger partial charge in [0.2, 0.25) is 0 Å². The minimum Gasteiger partial charge on any atom is -0.482 e. The number of nitrogens with one attached hydrogen (secondary N) is 1. The lowest BCUT2D eigenvalue weighted by Crippen LogP contribution is -2.37. The summed E-state index contributed by atoms with van der Waals surface area (Å²) in [4.78, 5) is 11.4. The molecule has 1 atom stereocenters. The third kappa shape index (κ3) is 5.03. The number of nitrogen functional groups attached to an aromatic ring is 1. The highest BCUT2D eigenvalue weighted by Crippen LogP contribution is 2.19. The molecule has 1 rings (SSSR count). The molecular formula is C12H18N2O4. The van der Waals surface area contributed by atoms with Gasteiger partial charge in [-0.15, -0.1) is 0 Å². The highest BCUT2D eigenvalue weighted by molar-refractivity contribution is 5.77. The van der Waals surface area contributed by atoms with E-state index in [1.54, 1.807) is 24.3 Å². The molecule has 1 aromatic rings. The number of methoxy groups -OCH3 is 1. The van der Waals surface area contributed by atoms with Crippen molar-refractivity contribution in [3.8, 4) is 5.75 Å². The van der Waals surface area contributed by atoms with Crippen LogP contribution < -0.4 is 15.8 Å². The summed E-state index contributed by atoms with van der Waals surface area (Å²) in [6.45, 7) is 0.154. The number of amides is 1. The van der Waals surface area contributed by atoms with E-state index in [2.05, 4.69) is 5.32 Å². The molecule has 6 nitrogen and oxygen atoms in total. The van der Waals surface area contributed by atoms with Crippen molar-refractivity contribution in [2.75, 3.05) is 32.6 Å². The van der Waals surface area contributed by atoms with Crippen molar-refractivity contribution in [1.29, 1.82) is 0 Å². The molecule has 100 valence electrons. The molecule has 1 aromatic carbocycles. The van der Waals surface area contributed by atoms with E-state index in [-0.39, 0.29) is 25.7 Å². The van der Waals surface area contributed by atoms with Crippen LogP contribution in [0.2, 0.25) is 0 Å². The second kappa shape index (κ2) is 7.52. The first kappa shape index (κ1) is 14.3. The highest BCUT2D eigenvalue weighted by atomic mass is 16.5. The quantitative estimate of drug-likeness (QED) is 0.584. The van der Waals surface area contributed by atoms with Gasteiger partial charge in [0.25, 0.3) is 5.91 Å². The summed E-state index contributed by atoms with van der Waals surface area (Å²) in [7, 11) is 1.48. The van der Waals surface area contributed by atoms with E-state index in [0.717, 1.165) is 0 Å². The maximum atomic E-state index is 11.4. The number of hydrogen-bond acceptors (Lipinski definition) is 5. The molecule has 0 saturated heterocycles. The molecule has 0 saturated carbocycles. The third-order valence-electron chi connectivity index (χ3n) is 2.17. The van der Waals surface area contributed by atoms with Crippen molar-refractivity contribution in [3.63, 3.8) is 0 Å². The van der Waals surface area contributed by atoms with Gasteiger partial charge < -0.3 is 25.6 Å². The topological polar surface area (TPSA) is 93.8 Å². The largest absolute Gasteiger partial charge is 0.482 e. The monoisotopic (exact) mass is 254 g/mol. The van der Waals surface area contributed by atoms with Crippen LogP contribution in [0.3, 0.4) is 0 Å². The van der Waals surface area contributed by atoms with Crippen LogP contribution in [0.5, 0.6) is 5.75 Å². The van der Waals surface area contributed by atoms with Gasteiger partial charge >= 0.3 is 0 Å². The number of anilines is 1. The molecule has 0 aliphatic carbocycles. The zero-order valence-electron chi connectivity index (χ0n) is 10.3. The van der Waals surface area contributed by atoms with Crippen LogP contribution in [-0.4, -0.2) is 44.0 Å². The Balaban J connectivity index is 2.27. The maximum Gasteiger partial charge on any atom is 0.258 e. The number of aliphatic hydroxyl groups excluding tert-OH is 1. The lowest BCUT2D eigenvalue weighted by Gasteiger charge is -2.12. The van der Waals surface area contributed by atoms with Gasteiger partial charge in [-0.3, -0.25) is 4.79 Å². The van der Waals surface area contributed by atoms with E-state index < -0.39 is 6.10 Å². The van der Waals surface area contributed by atoms with Crippen LogP contribution in [0.15, 0.2) is 24.3 Å². The zero-order valence-corrected chi connectivity index (χ0v) is 10.3. The van der Waals surface area contributed by atoms with Crippen LogP contribution in [0.25, 0.3) is 0 Å². The summed E-state index contributed by atoms with van der Waals surface area (Å²) in [6, 6.07) is 6.92. The predicted octanol–water partition coefficient (Wildman–Crippen LogP) is -0.229. The molecule has 0 bridgehead atoms. The fourth-order valence-corrected chi connectivity index (χ4v) is 1.29. The summed E-state index contributed by atoms with van der Waals surface area (Å²) < 4.78 is 9.97. The predicted molar refractivity (Wildman–Crippen MR) is 67.2 cm³/mol. The second-order valence-electron chi connectivity index (χ2n) is 3.74. The first-order chi connectivity index (χ1) is 8.63. The van der Waals surface area contributed by atoms with Crippen LogP contribution in [0.1, 0.15) is 0 Å². The lowest BCUT2D eigenvalue weighted by atomic mass is 10.3. The van der Waals surface area contributed by atoms with E-state index in [1.165, 1.54) is 7.11 Å². The smallest absolute Gasteiger partial charge is 0.258 e. The molecule has 6 heteroatoms. The SMILES string of the molecule is COCC(O)CNC(=O)COc1ccccc1N. The van der Waals surface area contributed by atoms with Crippen LogP contribution in [0, 0.1) is 0 Å². The second-order valence-corrected chi connectivity index (χ2v) is 3.74. The number of rotatable bonds is 7. The Morgan fingerprint density at radius 2 is 2.22 bits per heavy atom. The molecule has 0 fully saturated rings. The van der Waals surface area contributed by atoms with Crippen LogP contribution in [0.4, 0.5) is 5.69 Å². The van der Waals surface area contributed by atoms with Crippen LogP contribution >= 0.6 is 0 Å². The number of carbonyl (C=O) groups excluding carboxylic acids is 1. The number of carbonyl (C=O) groups is 1. The van der Waals surface area contributed by atoms with Crippen LogP contribution in [-0.2, 0) is 9.53 Å². The van der Waals surface area contributed by atoms with Crippen molar-refractivity contribution >= 4 is 11.6 Å². The Labute approximate surface area is 106 Å². The van der Waals surface area contributed by atoms with Gasteiger partial charge in [-0.2, -0.15) is 0 Å². The van der Waals surface area contributed by atoms with E-state index in [0.29, 0.717) is 11.4 Å². The van der Waals surface area contributed by atoms with Crippen molar-refractivity contribution in [3.05, 3.63) is 24.3 Å². The minimum atomic E-state index is -0.722. The zero-order chi connectivity index (χ0) is 13.4. The summed E-state index contributed by atoms with van der Waals surface area (Å²) in [5.74, 6) is 0.137. The molecule has 0 spiro atoms. The molecule has 0 radical (unpaired) electrons. The number of para-hydroxylation sites is 2. The van der Waals surface area contributed by atoms with E-state index in [1.807, 2.05) is 0 Å². The number of aliphatic hydroxyl groups is 1. The first-order valence-corrected chi connectivity index (χ1v) is 5.54. The van der Waals surface area contributed by atoms with Gasteiger partial charge in [-0.25, -0.2) is 0 Å². The molecule has 0 heterocycles. The lowest BCUT2D eigenvalue weighted by molar-refractivity contribution is -0.123. The summed E-state index contributed by atoms with van der Waals surface area (Å²) in [6.07, 6.45) is -0.722. The molecule has 0 aromatic heterocycles. The standard InChI is InChI=1S/C12H18N2O4/c1-17-7-9(15)6-14-12(16)8-18-11-5-3-2-4-10(11)13/h2-5,9,15H,6-8,13H2,1H3,(H,14,16). The Kier molecular flexibility index (Phi) is 5.96. The fraction of sp³-hybridized carbons (Fsp3) is 0.417. The van der Waals surface area contributed by atoms with Gasteiger partial charge in [-0.1, -0.05) is 12.1 Å². The van der Waals surface area contributed by atoms with E-state index in [9.17, 15) is 9.90 Å². The highest BCUT2D eigenvalue weighted by Gasteiger charge is 2.08. The Bertz CT molecular complexity index is 384. The number of hydrogen-bond donors (Lipinski definition) is 3. The van der Waals surface area contributed by atoms with Crippen molar-refractivity contribution < 1.29 is 19.4 Å². The Hall–Kier alpha value is -1.79. The molecular weight excluding hydrogens is 236 g/mol. The maximum absolute atomic E-state index is 11.4. The summed E-state index contributed by atoms with van der Waals surface area (Å²) >= 11 is 0. The Morgan fingerprint density at radius 1 is 1.50 bits per heavy atom. The van der Waals surface area contributed by atoms with Gasteiger partial charge in [0.05, 0.1) is 18.4 Å². The summed E-state index contributed by atoms with van der Waals surface area (Å²) in [5.41, 5.74) is 6.13. The molecule has 0 aliphatic rings. The van der Waals surface area contributed by atoms with Crippen molar-refractivity contribution in [2.24, 2.45) is 0 Å². The molecule has 1 amide bonds. The van der Waals surface area contributed by atoms with Gasteiger partial charge in [-0.05, 0) is 12.1 Å². The molecule has 18 heavy (non-hydrogen) atoms. The number of ether oxygens (including phenoxy) is 2. The third-order valence-corrected chi connectivity index (χ3v) is 2.17. The normalized spacial score (nSPS) is 11.9. The average Bonchev–Trinajstić information content (AvgIpc) is 2.36. The number of nitrogens with two attached hydrogens (primary N) is 1. The van der Waals surface area contributed by atoms with E-state index in [4.69, 9.17) is 15.2 Å². The summed E-state index contributed by atoms with van der Waals surface area (Å²) in [5, 5.41) is 11.8. The first-order valence-electron chi connectivity index (χ1n) is 5.54. The van der Waals surface area contributed by atoms with E-state index >= 15 is 0 Å². The minimum absolute atomic E-state index is 0.125. The van der Waals surface area contributed by atoms with Crippen molar-refractivity contribution in [2.45, 2.75) is 6.10 Å². The van der Waals surface area contributed by atoms with Gasteiger partial charge in [0.1, 0.15) is 5.75 Å². The average molecular weight is 254 g/mol. The van der Waals surface area contributed by atoms with Crippen molar-refractivity contribution in [1.82, 2.24) is 5.32 Å². The Morgan fingerprint density at radius 3 is 2.89 bits per heavy atom. The van der Waals surface area contributed by atoms with Gasteiger partial charge in [0, 0.05) is 13.7 Å². The number of benzene rings is 1.